The van der Waals surface area contributed by atoms with Gasteiger partial charge in [-0.25, -0.2) is 4.98 Å². The van der Waals surface area contributed by atoms with Crippen LogP contribution in [0.25, 0.3) is 10.9 Å². The molecule has 30 heavy (non-hydrogen) atoms. The minimum absolute atomic E-state index is 0.0443. The van der Waals surface area contributed by atoms with Gasteiger partial charge in [0.1, 0.15) is 11.6 Å². The lowest BCUT2D eigenvalue weighted by molar-refractivity contribution is 0.197. The Morgan fingerprint density at radius 3 is 2.53 bits per heavy atom. The summed E-state index contributed by atoms with van der Waals surface area (Å²) in [4.78, 5) is 17.8. The fourth-order valence-electron chi connectivity index (χ4n) is 2.78. The molecule has 0 aliphatic carbocycles. The van der Waals surface area contributed by atoms with E-state index in [1.807, 2.05) is 44.2 Å². The van der Waals surface area contributed by atoms with Gasteiger partial charge < -0.3 is 4.74 Å². The van der Waals surface area contributed by atoms with Crippen molar-refractivity contribution in [3.63, 3.8) is 0 Å². The Morgan fingerprint density at radius 1 is 1.17 bits per heavy atom. The van der Waals surface area contributed by atoms with Gasteiger partial charge in [0.2, 0.25) is 0 Å². The van der Waals surface area contributed by atoms with Crippen molar-refractivity contribution < 1.29 is 4.74 Å². The van der Waals surface area contributed by atoms with Gasteiger partial charge >= 0.3 is 0 Å². The second kappa shape index (κ2) is 9.02. The number of hydrogen-bond acceptors (Lipinski definition) is 4. The van der Waals surface area contributed by atoms with Crippen molar-refractivity contribution in [2.75, 3.05) is 6.61 Å². The predicted molar refractivity (Wildman–Crippen MR) is 130 cm³/mol. The van der Waals surface area contributed by atoms with E-state index < -0.39 is 0 Å². The summed E-state index contributed by atoms with van der Waals surface area (Å²) in [6, 6.07) is 11.2. The van der Waals surface area contributed by atoms with Gasteiger partial charge in [0.05, 0.1) is 28.2 Å². The standard InChI is InChI=1S/C23H25Br2N3O2/c1-14(2)21-27-19-8-7-16(24)11-17(19)22(29)28(21)26-12-15-6-9-20(18(25)10-15)30-13-23(3,4)5/h6-12,14H,13H2,1-5H3. The second-order valence-corrected chi connectivity index (χ2v) is 10.5. The molecule has 0 aliphatic rings. The van der Waals surface area contributed by atoms with Crippen molar-refractivity contribution in [1.29, 1.82) is 0 Å². The summed E-state index contributed by atoms with van der Waals surface area (Å²) >= 11 is 6.98. The lowest BCUT2D eigenvalue weighted by Crippen LogP contribution is -2.23. The Labute approximate surface area is 193 Å². The highest BCUT2D eigenvalue weighted by molar-refractivity contribution is 9.10. The molecular weight excluding hydrogens is 510 g/mol. The van der Waals surface area contributed by atoms with Gasteiger partial charge in [-0.2, -0.15) is 9.78 Å². The highest BCUT2D eigenvalue weighted by Gasteiger charge is 2.14. The van der Waals surface area contributed by atoms with Gasteiger partial charge in [0.25, 0.3) is 5.56 Å². The molecule has 0 bridgehead atoms. The first-order valence-corrected chi connectivity index (χ1v) is 11.3. The molecule has 0 radical (unpaired) electrons. The number of nitrogens with zero attached hydrogens (tertiary/aromatic N) is 3. The predicted octanol–water partition coefficient (Wildman–Crippen LogP) is 6.35. The maximum absolute atomic E-state index is 13.1. The molecule has 5 nitrogen and oxygen atoms in total. The van der Waals surface area contributed by atoms with Crippen LogP contribution in [-0.4, -0.2) is 22.5 Å². The van der Waals surface area contributed by atoms with Gasteiger partial charge in [-0.05, 0) is 63.3 Å². The Kier molecular flexibility index (Phi) is 6.82. The molecule has 0 fully saturated rings. The molecule has 3 rings (SSSR count). The third-order valence-electron chi connectivity index (χ3n) is 4.29. The van der Waals surface area contributed by atoms with Crippen molar-refractivity contribution in [3.8, 4) is 5.75 Å². The number of aromatic nitrogens is 2. The van der Waals surface area contributed by atoms with E-state index in [1.165, 1.54) is 4.68 Å². The van der Waals surface area contributed by atoms with Crippen LogP contribution in [0.2, 0.25) is 0 Å². The summed E-state index contributed by atoms with van der Waals surface area (Å²) in [5, 5.41) is 5.00. The zero-order valence-corrected chi connectivity index (χ0v) is 20.9. The van der Waals surface area contributed by atoms with E-state index >= 15 is 0 Å². The number of fused-ring (bicyclic) bond motifs is 1. The third-order valence-corrected chi connectivity index (χ3v) is 5.40. The van der Waals surface area contributed by atoms with Gasteiger partial charge in [-0.15, -0.1) is 0 Å². The molecule has 0 aliphatic heterocycles. The maximum atomic E-state index is 13.1. The number of hydrogen-bond donors (Lipinski definition) is 0. The first-order valence-electron chi connectivity index (χ1n) is 9.74. The molecule has 2 aromatic carbocycles. The Bertz CT molecular complexity index is 1160. The Hall–Kier alpha value is -1.99. The zero-order chi connectivity index (χ0) is 22.1. The van der Waals surface area contributed by atoms with Crippen molar-refractivity contribution in [2.45, 2.75) is 40.5 Å². The van der Waals surface area contributed by atoms with Gasteiger partial charge in [-0.3, -0.25) is 4.79 Å². The van der Waals surface area contributed by atoms with E-state index in [0.717, 1.165) is 20.3 Å². The third kappa shape index (κ3) is 5.38. The van der Waals surface area contributed by atoms with E-state index in [-0.39, 0.29) is 16.9 Å². The van der Waals surface area contributed by atoms with Crippen LogP contribution < -0.4 is 10.3 Å². The van der Waals surface area contributed by atoms with Crippen molar-refractivity contribution >= 4 is 49.0 Å². The number of rotatable bonds is 5. The summed E-state index contributed by atoms with van der Waals surface area (Å²) < 4.78 is 8.94. The largest absolute Gasteiger partial charge is 0.492 e. The molecule has 0 N–H and O–H groups in total. The normalized spacial score (nSPS) is 12.3. The van der Waals surface area contributed by atoms with E-state index in [0.29, 0.717) is 23.3 Å². The molecule has 0 atom stereocenters. The highest BCUT2D eigenvalue weighted by atomic mass is 79.9. The van der Waals surface area contributed by atoms with Crippen LogP contribution in [-0.2, 0) is 0 Å². The topological polar surface area (TPSA) is 56.5 Å². The fourth-order valence-corrected chi connectivity index (χ4v) is 3.66. The molecule has 0 saturated carbocycles. The van der Waals surface area contributed by atoms with Gasteiger partial charge in [0, 0.05) is 10.4 Å². The molecular formula is C23H25Br2N3O2. The quantitative estimate of drug-likeness (QED) is 0.358. The van der Waals surface area contributed by atoms with Crippen LogP contribution in [0.5, 0.6) is 5.75 Å². The lowest BCUT2D eigenvalue weighted by atomic mass is 9.99. The van der Waals surface area contributed by atoms with Gasteiger partial charge in [0.15, 0.2) is 0 Å². The minimum Gasteiger partial charge on any atom is -0.492 e. The van der Waals surface area contributed by atoms with Crippen LogP contribution in [0.4, 0.5) is 0 Å². The lowest BCUT2D eigenvalue weighted by Gasteiger charge is -2.19. The highest BCUT2D eigenvalue weighted by Crippen LogP contribution is 2.27. The van der Waals surface area contributed by atoms with Crippen LogP contribution in [0.1, 0.15) is 51.9 Å². The van der Waals surface area contributed by atoms with Crippen molar-refractivity contribution in [1.82, 2.24) is 9.66 Å². The molecule has 0 spiro atoms. The van der Waals surface area contributed by atoms with Crippen LogP contribution in [0.15, 0.2) is 55.2 Å². The fraction of sp³-hybridized carbons (Fsp3) is 0.348. The average molecular weight is 535 g/mol. The SMILES string of the molecule is CC(C)c1nc2ccc(Br)cc2c(=O)n1N=Cc1ccc(OCC(C)(C)C)c(Br)c1. The summed E-state index contributed by atoms with van der Waals surface area (Å²) in [5.74, 6) is 1.44. The summed E-state index contributed by atoms with van der Waals surface area (Å²) in [6.07, 6.45) is 1.66. The smallest absolute Gasteiger partial charge is 0.282 e. The van der Waals surface area contributed by atoms with E-state index in [1.54, 1.807) is 12.3 Å². The van der Waals surface area contributed by atoms with E-state index in [2.05, 4.69) is 62.7 Å². The first kappa shape index (κ1) is 22.7. The molecule has 0 saturated heterocycles. The maximum Gasteiger partial charge on any atom is 0.282 e. The second-order valence-electron chi connectivity index (χ2n) is 8.69. The molecule has 3 aromatic rings. The van der Waals surface area contributed by atoms with E-state index in [4.69, 9.17) is 4.74 Å². The van der Waals surface area contributed by atoms with Gasteiger partial charge in [-0.1, -0.05) is 50.5 Å². The van der Waals surface area contributed by atoms with Crippen molar-refractivity contribution in [3.05, 3.63) is 67.1 Å². The van der Waals surface area contributed by atoms with Crippen LogP contribution in [0, 0.1) is 5.41 Å². The summed E-state index contributed by atoms with van der Waals surface area (Å²) in [6.45, 7) is 11.0. The molecule has 0 unspecified atom stereocenters. The molecule has 0 amide bonds. The first-order chi connectivity index (χ1) is 14.0. The summed E-state index contributed by atoms with van der Waals surface area (Å²) in [7, 11) is 0. The van der Waals surface area contributed by atoms with Crippen molar-refractivity contribution in [2.24, 2.45) is 10.5 Å². The molecule has 158 valence electrons. The Morgan fingerprint density at radius 2 is 1.90 bits per heavy atom. The number of halogens is 2. The number of benzene rings is 2. The monoisotopic (exact) mass is 533 g/mol. The van der Waals surface area contributed by atoms with Crippen LogP contribution >= 0.6 is 31.9 Å². The molecule has 7 heteroatoms. The minimum atomic E-state index is -0.189. The van der Waals surface area contributed by atoms with Crippen LogP contribution in [0.3, 0.4) is 0 Å². The Balaban J connectivity index is 1.97. The zero-order valence-electron chi connectivity index (χ0n) is 17.7. The average Bonchev–Trinajstić information content (AvgIpc) is 2.66. The molecule has 1 heterocycles. The summed E-state index contributed by atoms with van der Waals surface area (Å²) in [5.41, 5.74) is 1.40. The number of ether oxygens (including phenoxy) is 1. The van der Waals surface area contributed by atoms with E-state index in [9.17, 15) is 4.79 Å². The molecule has 1 aromatic heterocycles.